The maximum atomic E-state index is 9.34. The van der Waals surface area contributed by atoms with E-state index in [1.165, 1.54) is 228 Å². The van der Waals surface area contributed by atoms with Crippen LogP contribution in [0.25, 0.3) is 0 Å². The predicted octanol–water partition coefficient (Wildman–Crippen LogP) is 24.9. The second kappa shape index (κ2) is 37.1. The fraction of sp³-hybridized carbons (Fsp3) is 0.727. The molecule has 0 bridgehead atoms. The summed E-state index contributed by atoms with van der Waals surface area (Å²) in [5.74, 6) is 0. The van der Waals surface area contributed by atoms with Gasteiger partial charge in [-0.2, -0.15) is 0 Å². The van der Waals surface area contributed by atoms with Gasteiger partial charge in [0.2, 0.25) is 18.1 Å². The maximum absolute atomic E-state index is 9.34. The van der Waals surface area contributed by atoms with Gasteiger partial charge in [-0.25, -0.2) is 0 Å². The van der Waals surface area contributed by atoms with Crippen LogP contribution in [0.2, 0.25) is 0 Å². The molecule has 0 heterocycles. The quantitative estimate of drug-likeness (QED) is 0.0316. The summed E-state index contributed by atoms with van der Waals surface area (Å²) in [6, 6.07) is 32.4. The molecular weight excluding hydrogens is 1130 g/mol. The third kappa shape index (κ3) is 23.2. The molecule has 4 aromatic rings. The van der Waals surface area contributed by atoms with Gasteiger partial charge in [0.15, 0.2) is 0 Å². The van der Waals surface area contributed by atoms with Crippen LogP contribution in [0.15, 0.2) is 72.8 Å². The third-order valence-electron chi connectivity index (χ3n) is 22.9. The molecule has 0 aliphatic rings. The van der Waals surface area contributed by atoms with E-state index in [2.05, 4.69) is 239 Å². The lowest BCUT2D eigenvalue weighted by Crippen LogP contribution is -2.60. The number of hydrogen-bond acceptors (Lipinski definition) is 1. The second-order valence-corrected chi connectivity index (χ2v) is 39.9. The van der Waals surface area contributed by atoms with E-state index < -0.39 is 18.1 Å². The first-order chi connectivity index (χ1) is 42.8. The summed E-state index contributed by atoms with van der Waals surface area (Å²) >= 11 is 0. The Hall–Kier alpha value is -2.73. The van der Waals surface area contributed by atoms with Gasteiger partial charge in [-0.05, 0) is 160 Å². The molecule has 4 aromatic carbocycles. The van der Waals surface area contributed by atoms with Gasteiger partial charge in [-0.3, -0.25) is 0 Å². The first-order valence-electron chi connectivity index (χ1n) is 39.1. The van der Waals surface area contributed by atoms with Crippen molar-refractivity contribution >= 4 is 38.8 Å². The Morgan fingerprint density at radius 3 is 0.527 bits per heavy atom. The standard InChI is InChI=1S/C88H150OSi2/c1-25-33-41-57-81(9,10)69-49-53-77(73(65-69)85(17,18)61-45-37-29-5)90(78-54-50-70(82(11,12)58-42-34-26-2)66-74(78)86(19,20)62-46-38-30-6)89-91(79-55-51-71(83(13,14)59-43-35-27-3)67-75(79)87(21,22)63-47-39-31-7)80-56-52-72(84(15,16)60-44-36-28-4)68-76(80)88(23,24)64-48-40-32-8/h49-56,65-68,90-91H,25-48,57-64H2,1-24H3. The molecule has 1 nitrogen and oxygen atoms in total. The van der Waals surface area contributed by atoms with Crippen LogP contribution in [0.3, 0.4) is 0 Å². The molecule has 0 aliphatic heterocycles. The Kier molecular flexibility index (Phi) is 32.9. The van der Waals surface area contributed by atoms with E-state index in [4.69, 9.17) is 0 Å². The minimum atomic E-state index is -2.68. The van der Waals surface area contributed by atoms with Crippen LogP contribution in [-0.4, -0.2) is 18.1 Å². The summed E-state index contributed by atoms with van der Waals surface area (Å²) in [6.07, 6.45) is 39.7. The fourth-order valence-corrected chi connectivity index (χ4v) is 23.8. The molecule has 3 heteroatoms. The van der Waals surface area contributed by atoms with Crippen LogP contribution in [-0.2, 0) is 47.4 Å². The van der Waals surface area contributed by atoms with Crippen LogP contribution >= 0.6 is 0 Å². The van der Waals surface area contributed by atoms with Crippen molar-refractivity contribution in [2.75, 3.05) is 0 Å². The highest BCUT2D eigenvalue weighted by atomic mass is 28.4. The fourth-order valence-electron chi connectivity index (χ4n) is 15.6. The molecule has 0 spiro atoms. The molecule has 0 radical (unpaired) electrons. The van der Waals surface area contributed by atoms with Crippen LogP contribution in [0.5, 0.6) is 0 Å². The smallest absolute Gasteiger partial charge is 0.229 e. The normalized spacial score (nSPS) is 13.4. The summed E-state index contributed by atoms with van der Waals surface area (Å²) < 4.78 is 9.34. The molecule has 0 saturated heterocycles. The lowest BCUT2D eigenvalue weighted by molar-refractivity contribution is 0.437. The van der Waals surface area contributed by atoms with Gasteiger partial charge in [0, 0.05) is 0 Å². The van der Waals surface area contributed by atoms with E-state index in [1.807, 2.05) is 0 Å². The van der Waals surface area contributed by atoms with Gasteiger partial charge < -0.3 is 4.12 Å². The van der Waals surface area contributed by atoms with Crippen molar-refractivity contribution < 1.29 is 4.12 Å². The lowest BCUT2D eigenvalue weighted by Gasteiger charge is -2.40. The van der Waals surface area contributed by atoms with Gasteiger partial charge >= 0.3 is 0 Å². The molecule has 0 saturated carbocycles. The maximum Gasteiger partial charge on any atom is 0.229 e. The van der Waals surface area contributed by atoms with Crippen molar-refractivity contribution in [3.8, 4) is 0 Å². The lowest BCUT2D eigenvalue weighted by atomic mass is 9.74. The Labute approximate surface area is 571 Å². The van der Waals surface area contributed by atoms with Crippen molar-refractivity contribution in [1.82, 2.24) is 0 Å². The summed E-state index contributed by atoms with van der Waals surface area (Å²) in [7, 11) is -5.37. The van der Waals surface area contributed by atoms with E-state index in [0.29, 0.717) is 0 Å². The molecular formula is C88H150OSi2. The van der Waals surface area contributed by atoms with Crippen molar-refractivity contribution in [2.45, 2.75) is 415 Å². The van der Waals surface area contributed by atoms with Crippen molar-refractivity contribution in [2.24, 2.45) is 0 Å². The summed E-state index contributed by atoms with van der Waals surface area (Å²) in [5.41, 5.74) is 12.3. The Morgan fingerprint density at radius 1 is 0.220 bits per heavy atom. The van der Waals surface area contributed by atoms with Gasteiger partial charge in [0.1, 0.15) is 0 Å². The molecule has 4 rings (SSSR count). The predicted molar refractivity (Wildman–Crippen MR) is 417 cm³/mol. The molecule has 516 valence electrons. The molecule has 0 fully saturated rings. The van der Waals surface area contributed by atoms with Crippen molar-refractivity contribution in [1.29, 1.82) is 0 Å². The van der Waals surface area contributed by atoms with E-state index in [9.17, 15) is 4.12 Å². The molecule has 0 amide bonds. The number of hydrogen-bond donors (Lipinski definition) is 0. The Bertz CT molecular complexity index is 2350. The first kappa shape index (κ1) is 80.7. The minimum absolute atomic E-state index is 0.0570. The molecule has 0 aliphatic carbocycles. The van der Waals surface area contributed by atoms with Crippen LogP contribution in [0.1, 0.15) is 416 Å². The topological polar surface area (TPSA) is 9.23 Å². The van der Waals surface area contributed by atoms with Crippen molar-refractivity contribution in [3.63, 3.8) is 0 Å². The molecule has 0 atom stereocenters. The highest BCUT2D eigenvalue weighted by molar-refractivity contribution is 6.92. The molecule has 0 unspecified atom stereocenters. The van der Waals surface area contributed by atoms with Gasteiger partial charge in [0.25, 0.3) is 0 Å². The average molecular weight is 1280 g/mol. The second-order valence-electron chi connectivity index (χ2n) is 34.8. The van der Waals surface area contributed by atoms with Crippen LogP contribution < -0.4 is 20.7 Å². The van der Waals surface area contributed by atoms with Gasteiger partial charge in [0.05, 0.1) is 0 Å². The molecule has 0 N–H and O–H groups in total. The zero-order chi connectivity index (χ0) is 67.9. The monoisotopic (exact) mass is 1280 g/mol. The Morgan fingerprint density at radius 2 is 0.374 bits per heavy atom. The number of rotatable bonds is 46. The first-order valence-corrected chi connectivity index (χ1v) is 42.3. The Balaban J connectivity index is 2.48. The van der Waals surface area contributed by atoms with Gasteiger partial charge in [-0.1, -0.05) is 393 Å². The zero-order valence-electron chi connectivity index (χ0n) is 65.1. The van der Waals surface area contributed by atoms with E-state index in [1.54, 1.807) is 43.0 Å². The summed E-state index contributed by atoms with van der Waals surface area (Å²) in [6.45, 7) is 60.4. The summed E-state index contributed by atoms with van der Waals surface area (Å²) in [5, 5.41) is 6.18. The van der Waals surface area contributed by atoms with Crippen molar-refractivity contribution in [3.05, 3.63) is 117 Å². The number of unbranched alkanes of at least 4 members (excludes halogenated alkanes) is 16. The van der Waals surface area contributed by atoms with Crippen LogP contribution in [0.4, 0.5) is 0 Å². The zero-order valence-corrected chi connectivity index (χ0v) is 67.4. The van der Waals surface area contributed by atoms with Crippen LogP contribution in [0, 0.1) is 0 Å². The minimum Gasteiger partial charge on any atom is -0.446 e. The van der Waals surface area contributed by atoms with E-state index in [-0.39, 0.29) is 43.3 Å². The van der Waals surface area contributed by atoms with E-state index in [0.717, 1.165) is 0 Å². The SMILES string of the molecule is CCCCCC(C)(C)c1ccc([SiH](O[SiH](c2ccc(C(C)(C)CCCCC)cc2C(C)(C)CCCCC)c2ccc(C(C)(C)CCCCC)cc2C(C)(C)CCCCC)c2ccc(C(C)(C)CCCCC)cc2C(C)(C)CCCCC)c(C(C)(C)CCCCC)c1. The largest absolute Gasteiger partial charge is 0.446 e. The highest BCUT2D eigenvalue weighted by Crippen LogP contribution is 2.41. The van der Waals surface area contributed by atoms with Gasteiger partial charge in [-0.15, -0.1) is 0 Å². The molecule has 0 aromatic heterocycles. The number of benzene rings is 4. The van der Waals surface area contributed by atoms with E-state index >= 15 is 0 Å². The summed E-state index contributed by atoms with van der Waals surface area (Å²) in [4.78, 5) is 0. The third-order valence-corrected chi connectivity index (χ3v) is 29.4. The highest BCUT2D eigenvalue weighted by Gasteiger charge is 2.42. The average Bonchev–Trinajstić information content (AvgIpc) is 0.750. The molecule has 91 heavy (non-hydrogen) atoms.